The highest BCUT2D eigenvalue weighted by Crippen LogP contribution is 2.53. The summed E-state index contributed by atoms with van der Waals surface area (Å²) in [6.07, 6.45) is 3.14. The van der Waals surface area contributed by atoms with Gasteiger partial charge < -0.3 is 19.9 Å². The van der Waals surface area contributed by atoms with Crippen LogP contribution in [0, 0.1) is 11.8 Å². The first kappa shape index (κ1) is 19.9. The fourth-order valence-corrected chi connectivity index (χ4v) is 4.42. The Morgan fingerprint density at radius 3 is 2.66 bits per heavy atom. The third-order valence-corrected chi connectivity index (χ3v) is 6.35. The van der Waals surface area contributed by atoms with Crippen LogP contribution < -0.4 is 5.32 Å². The lowest BCUT2D eigenvalue weighted by Gasteiger charge is -2.31. The van der Waals surface area contributed by atoms with Crippen molar-refractivity contribution in [3.63, 3.8) is 0 Å². The zero-order chi connectivity index (χ0) is 20.7. The van der Waals surface area contributed by atoms with Gasteiger partial charge in [-0.1, -0.05) is 41.9 Å². The number of aromatic amines is 1. The number of carbonyl (C=O) groups is 2. The van der Waals surface area contributed by atoms with Gasteiger partial charge in [0.05, 0.1) is 25.0 Å². The third kappa shape index (κ3) is 3.90. The zero-order valence-electron chi connectivity index (χ0n) is 16.7. The first-order valence-corrected chi connectivity index (χ1v) is 10.7. The van der Waals surface area contributed by atoms with Gasteiger partial charge in [-0.2, -0.15) is 0 Å². The van der Waals surface area contributed by atoms with E-state index < -0.39 is 12.1 Å². The van der Waals surface area contributed by atoms with Gasteiger partial charge in [0, 0.05) is 10.5 Å². The normalized spacial score (nSPS) is 23.6. The van der Waals surface area contributed by atoms with Crippen molar-refractivity contribution in [2.24, 2.45) is 11.8 Å². The van der Waals surface area contributed by atoms with E-state index in [4.69, 9.17) is 4.74 Å². The maximum Gasteiger partial charge on any atom is 0.407 e. The number of alkyl carbamates (subject to hydrolysis) is 1. The van der Waals surface area contributed by atoms with Gasteiger partial charge in [0.25, 0.3) is 0 Å². The predicted molar refractivity (Wildman–Crippen MR) is 112 cm³/mol. The highest BCUT2D eigenvalue weighted by Gasteiger charge is 2.56. The average molecular weight is 461 g/mol. The van der Waals surface area contributed by atoms with E-state index in [-0.39, 0.29) is 23.9 Å². The van der Waals surface area contributed by atoms with Crippen LogP contribution in [0.2, 0.25) is 0 Å². The number of hydrogen-bond acceptors (Lipinski definition) is 4. The third-order valence-electron chi connectivity index (χ3n) is 5.82. The van der Waals surface area contributed by atoms with Crippen LogP contribution in [0.4, 0.5) is 4.79 Å². The largest absolute Gasteiger partial charge is 0.453 e. The first-order chi connectivity index (χ1) is 13.9. The molecule has 1 aliphatic heterocycles. The Labute approximate surface area is 178 Å². The number of benzene rings is 1. The van der Waals surface area contributed by atoms with Crippen molar-refractivity contribution in [2.75, 3.05) is 7.11 Å². The zero-order valence-corrected chi connectivity index (χ0v) is 18.3. The number of amides is 2. The fraction of sp³-hybridized carbons (Fsp3) is 0.476. The van der Waals surface area contributed by atoms with Gasteiger partial charge in [0.2, 0.25) is 5.91 Å². The number of piperidine rings is 1. The molecule has 2 heterocycles. The van der Waals surface area contributed by atoms with Crippen molar-refractivity contribution >= 4 is 27.9 Å². The Hall–Kier alpha value is -2.35. The highest BCUT2D eigenvalue weighted by molar-refractivity contribution is 9.10. The van der Waals surface area contributed by atoms with Crippen LogP contribution in [0.5, 0.6) is 0 Å². The maximum atomic E-state index is 13.4. The number of carbonyl (C=O) groups excluding carboxylic acids is 2. The molecule has 2 unspecified atom stereocenters. The molecule has 0 spiro atoms. The number of halogens is 1. The topological polar surface area (TPSA) is 87.3 Å². The minimum absolute atomic E-state index is 0.0463. The summed E-state index contributed by atoms with van der Waals surface area (Å²) in [7, 11) is 1.30. The molecule has 29 heavy (non-hydrogen) atoms. The number of likely N-dealkylation sites (tertiary alicyclic amines) is 1. The molecule has 7 nitrogen and oxygen atoms in total. The number of hydrogen-bond donors (Lipinski definition) is 2. The minimum atomic E-state index is -0.620. The molecule has 4 atom stereocenters. The SMILES string of the molecule is COC(=O)N[C@H](C(=O)N1C2CC2C[C@H]1c1ncc(-c2ccc(Br)cc2)[nH]1)C(C)C. The van der Waals surface area contributed by atoms with Gasteiger partial charge >= 0.3 is 6.09 Å². The summed E-state index contributed by atoms with van der Waals surface area (Å²) in [6, 6.07) is 7.53. The molecule has 2 aliphatic rings. The molecule has 8 heteroatoms. The molecule has 0 radical (unpaired) electrons. The van der Waals surface area contributed by atoms with E-state index in [0.29, 0.717) is 5.92 Å². The lowest BCUT2D eigenvalue weighted by Crippen LogP contribution is -2.52. The number of methoxy groups -OCH3 is 1. The number of rotatable bonds is 5. The molecule has 1 saturated heterocycles. The van der Waals surface area contributed by atoms with Crippen molar-refractivity contribution in [1.82, 2.24) is 20.2 Å². The van der Waals surface area contributed by atoms with Crippen LogP contribution in [0.25, 0.3) is 11.3 Å². The molecule has 2 amide bonds. The second kappa shape index (κ2) is 7.82. The Kier molecular flexibility index (Phi) is 5.38. The Bertz CT molecular complexity index is 911. The monoisotopic (exact) mass is 460 g/mol. The van der Waals surface area contributed by atoms with E-state index in [0.717, 1.165) is 34.4 Å². The summed E-state index contributed by atoms with van der Waals surface area (Å²) in [5, 5.41) is 2.70. The molecule has 1 saturated carbocycles. The molecule has 154 valence electrons. The number of aromatic nitrogens is 2. The number of fused-ring (bicyclic) bond motifs is 1. The number of nitrogens with zero attached hydrogens (tertiary/aromatic N) is 2. The molecule has 1 aromatic heterocycles. The van der Waals surface area contributed by atoms with Crippen molar-refractivity contribution in [3.05, 3.63) is 40.8 Å². The van der Waals surface area contributed by atoms with E-state index in [1.807, 2.05) is 49.2 Å². The van der Waals surface area contributed by atoms with Crippen molar-refractivity contribution in [1.29, 1.82) is 0 Å². The van der Waals surface area contributed by atoms with Crippen LogP contribution in [0.1, 0.15) is 38.6 Å². The van der Waals surface area contributed by atoms with E-state index in [1.54, 1.807) is 0 Å². The molecule has 4 rings (SSSR count). The second-order valence-electron chi connectivity index (χ2n) is 8.11. The molecule has 0 bridgehead atoms. The fourth-order valence-electron chi connectivity index (χ4n) is 4.16. The standard InChI is InChI=1S/C21H25BrN4O3/c1-11(2)18(25-21(28)29-3)20(27)26-16-8-13(16)9-17(26)19-23-10-15(24-19)12-4-6-14(22)7-5-12/h4-7,10-11,13,16-18H,8-9H2,1-3H3,(H,23,24)(H,25,28)/t13?,16?,17-,18-/m0/s1. The van der Waals surface area contributed by atoms with Crippen LogP contribution >= 0.6 is 15.9 Å². The molecule has 1 aromatic carbocycles. The second-order valence-corrected chi connectivity index (χ2v) is 9.02. The summed E-state index contributed by atoms with van der Waals surface area (Å²) in [5.74, 6) is 1.19. The van der Waals surface area contributed by atoms with E-state index in [1.165, 1.54) is 7.11 Å². The average Bonchev–Trinajstić information content (AvgIpc) is 3.14. The van der Waals surface area contributed by atoms with E-state index in [9.17, 15) is 9.59 Å². The maximum absolute atomic E-state index is 13.4. The quantitative estimate of drug-likeness (QED) is 0.708. The number of imidazole rings is 1. The van der Waals surface area contributed by atoms with Gasteiger partial charge in [-0.15, -0.1) is 0 Å². The summed E-state index contributed by atoms with van der Waals surface area (Å²) in [6.45, 7) is 3.85. The Balaban J connectivity index is 1.57. The summed E-state index contributed by atoms with van der Waals surface area (Å²) in [5.41, 5.74) is 1.97. The highest BCUT2D eigenvalue weighted by atomic mass is 79.9. The Morgan fingerprint density at radius 1 is 1.28 bits per heavy atom. The molecular formula is C21H25BrN4O3. The van der Waals surface area contributed by atoms with E-state index in [2.05, 4.69) is 31.2 Å². The molecule has 1 aliphatic carbocycles. The van der Waals surface area contributed by atoms with E-state index >= 15 is 0 Å². The van der Waals surface area contributed by atoms with Gasteiger partial charge in [-0.25, -0.2) is 9.78 Å². The smallest absolute Gasteiger partial charge is 0.407 e. The Morgan fingerprint density at radius 2 is 2.00 bits per heavy atom. The predicted octanol–water partition coefficient (Wildman–Crippen LogP) is 3.88. The lowest BCUT2D eigenvalue weighted by atomic mass is 10.0. The van der Waals surface area contributed by atoms with Crippen molar-refractivity contribution in [2.45, 2.75) is 44.8 Å². The molecular weight excluding hydrogens is 436 g/mol. The van der Waals surface area contributed by atoms with Crippen LogP contribution in [0.15, 0.2) is 34.9 Å². The van der Waals surface area contributed by atoms with Crippen LogP contribution in [-0.4, -0.2) is 46.1 Å². The van der Waals surface area contributed by atoms with Gasteiger partial charge in [-0.05, 0) is 42.4 Å². The van der Waals surface area contributed by atoms with Gasteiger partial charge in [0.15, 0.2) is 0 Å². The van der Waals surface area contributed by atoms with Crippen molar-refractivity contribution < 1.29 is 14.3 Å². The first-order valence-electron chi connectivity index (χ1n) is 9.86. The summed E-state index contributed by atoms with van der Waals surface area (Å²) < 4.78 is 5.73. The molecule has 2 fully saturated rings. The van der Waals surface area contributed by atoms with Gasteiger partial charge in [-0.3, -0.25) is 4.79 Å². The van der Waals surface area contributed by atoms with Gasteiger partial charge in [0.1, 0.15) is 11.9 Å². The molecule has 2 aromatic rings. The summed E-state index contributed by atoms with van der Waals surface area (Å²) >= 11 is 3.45. The lowest BCUT2D eigenvalue weighted by molar-refractivity contribution is -0.136. The number of nitrogens with one attached hydrogen (secondary N) is 2. The summed E-state index contributed by atoms with van der Waals surface area (Å²) in [4.78, 5) is 35.1. The number of H-pyrrole nitrogens is 1. The molecule has 2 N–H and O–H groups in total. The van der Waals surface area contributed by atoms with Crippen LogP contribution in [0.3, 0.4) is 0 Å². The van der Waals surface area contributed by atoms with Crippen molar-refractivity contribution in [3.8, 4) is 11.3 Å². The van der Waals surface area contributed by atoms with Crippen LogP contribution in [-0.2, 0) is 9.53 Å². The number of ether oxygens (including phenoxy) is 1. The minimum Gasteiger partial charge on any atom is -0.453 e.